The standard InChI is InChI=1S/C25H23BrN4O4S/c1-3-19-11-20-24(35-19)27-15-30(25(20)32)13-23(31)29-28-12-17-6-9-21(22(10-17)33-2)34-14-16-4-7-18(26)8-5-16/h4-12,15H,3,13-14H2,1-2H3,(H,29,31). The van der Waals surface area contributed by atoms with E-state index in [1.807, 2.05) is 37.3 Å². The molecule has 4 rings (SSSR count). The van der Waals surface area contributed by atoms with Crippen molar-refractivity contribution in [2.75, 3.05) is 7.11 Å². The fourth-order valence-corrected chi connectivity index (χ4v) is 4.48. The normalized spacial score (nSPS) is 11.2. The number of ether oxygens (including phenoxy) is 2. The largest absolute Gasteiger partial charge is 0.493 e. The van der Waals surface area contributed by atoms with Gasteiger partial charge in [-0.2, -0.15) is 5.10 Å². The van der Waals surface area contributed by atoms with Crippen LogP contribution < -0.4 is 20.5 Å². The number of nitrogens with one attached hydrogen (secondary N) is 1. The minimum atomic E-state index is -0.433. The molecular formula is C25H23BrN4O4S. The summed E-state index contributed by atoms with van der Waals surface area (Å²) in [6, 6.07) is 15.1. The van der Waals surface area contributed by atoms with Crippen LogP contribution in [0.1, 0.15) is 22.9 Å². The summed E-state index contributed by atoms with van der Waals surface area (Å²) >= 11 is 4.90. The molecule has 0 saturated carbocycles. The number of hydrogen-bond acceptors (Lipinski definition) is 7. The molecule has 4 aromatic rings. The topological polar surface area (TPSA) is 94.8 Å². The summed E-state index contributed by atoms with van der Waals surface area (Å²) in [4.78, 5) is 31.0. The molecular weight excluding hydrogens is 532 g/mol. The van der Waals surface area contributed by atoms with E-state index in [4.69, 9.17) is 9.47 Å². The number of methoxy groups -OCH3 is 1. The van der Waals surface area contributed by atoms with E-state index in [1.54, 1.807) is 25.3 Å². The number of fused-ring (bicyclic) bond motifs is 1. The average Bonchev–Trinajstić information content (AvgIpc) is 3.30. The third-order valence-corrected chi connectivity index (χ3v) is 6.85. The van der Waals surface area contributed by atoms with Gasteiger partial charge in [-0.15, -0.1) is 11.3 Å². The van der Waals surface area contributed by atoms with Gasteiger partial charge < -0.3 is 9.47 Å². The number of rotatable bonds is 9. The van der Waals surface area contributed by atoms with Crippen molar-refractivity contribution in [2.45, 2.75) is 26.5 Å². The molecule has 0 fully saturated rings. The number of halogens is 1. The number of hydrogen-bond donors (Lipinski definition) is 1. The van der Waals surface area contributed by atoms with Gasteiger partial charge in [-0.1, -0.05) is 35.0 Å². The predicted octanol–water partition coefficient (Wildman–Crippen LogP) is 4.52. The zero-order valence-corrected chi connectivity index (χ0v) is 21.6. The molecule has 0 saturated heterocycles. The molecule has 0 atom stereocenters. The zero-order valence-electron chi connectivity index (χ0n) is 19.2. The van der Waals surface area contributed by atoms with Crippen LogP contribution in [0, 0.1) is 0 Å². The van der Waals surface area contributed by atoms with Crippen LogP contribution in [0.2, 0.25) is 0 Å². The van der Waals surface area contributed by atoms with Crippen LogP contribution in [0.3, 0.4) is 0 Å². The van der Waals surface area contributed by atoms with Crippen LogP contribution in [0.4, 0.5) is 0 Å². The number of amides is 1. The van der Waals surface area contributed by atoms with E-state index in [0.29, 0.717) is 33.9 Å². The summed E-state index contributed by atoms with van der Waals surface area (Å²) < 4.78 is 13.6. The molecule has 2 aromatic heterocycles. The van der Waals surface area contributed by atoms with Crippen molar-refractivity contribution < 1.29 is 14.3 Å². The number of nitrogens with zero attached hydrogens (tertiary/aromatic N) is 3. The number of aryl methyl sites for hydroxylation is 1. The first-order valence-electron chi connectivity index (χ1n) is 10.8. The van der Waals surface area contributed by atoms with E-state index >= 15 is 0 Å². The minimum Gasteiger partial charge on any atom is -0.493 e. The molecule has 0 bridgehead atoms. The molecule has 10 heteroatoms. The molecule has 0 radical (unpaired) electrons. The number of aromatic nitrogens is 2. The Morgan fingerprint density at radius 3 is 2.74 bits per heavy atom. The maximum absolute atomic E-state index is 12.6. The monoisotopic (exact) mass is 554 g/mol. The molecule has 1 N–H and O–H groups in total. The number of carbonyl (C=O) groups excluding carboxylic acids is 1. The van der Waals surface area contributed by atoms with Crippen molar-refractivity contribution in [1.82, 2.24) is 15.0 Å². The zero-order chi connectivity index (χ0) is 24.8. The van der Waals surface area contributed by atoms with Crippen molar-refractivity contribution in [3.63, 3.8) is 0 Å². The lowest BCUT2D eigenvalue weighted by atomic mass is 10.2. The summed E-state index contributed by atoms with van der Waals surface area (Å²) in [5.74, 6) is 0.709. The van der Waals surface area contributed by atoms with Gasteiger partial charge in [0.1, 0.15) is 18.0 Å². The molecule has 180 valence electrons. The van der Waals surface area contributed by atoms with E-state index in [2.05, 4.69) is 31.4 Å². The highest BCUT2D eigenvalue weighted by Gasteiger charge is 2.11. The van der Waals surface area contributed by atoms with Crippen LogP contribution in [-0.4, -0.2) is 28.8 Å². The Hall–Kier alpha value is -3.50. The smallest absolute Gasteiger partial charge is 0.262 e. The first-order chi connectivity index (χ1) is 17.0. The Morgan fingerprint density at radius 2 is 2.00 bits per heavy atom. The summed E-state index contributed by atoms with van der Waals surface area (Å²) in [6.07, 6.45) is 3.72. The number of carbonyl (C=O) groups is 1. The van der Waals surface area contributed by atoms with Gasteiger partial charge in [-0.3, -0.25) is 14.2 Å². The third kappa shape index (κ3) is 6.14. The quantitative estimate of drug-likeness (QED) is 0.242. The van der Waals surface area contributed by atoms with Crippen LogP contribution in [0.5, 0.6) is 11.5 Å². The summed E-state index contributed by atoms with van der Waals surface area (Å²) in [7, 11) is 1.56. The van der Waals surface area contributed by atoms with Crippen molar-refractivity contribution in [1.29, 1.82) is 0 Å². The van der Waals surface area contributed by atoms with E-state index in [0.717, 1.165) is 21.3 Å². The van der Waals surface area contributed by atoms with Crippen LogP contribution >= 0.6 is 27.3 Å². The van der Waals surface area contributed by atoms with Gasteiger partial charge >= 0.3 is 0 Å². The van der Waals surface area contributed by atoms with Gasteiger partial charge in [0, 0.05) is 9.35 Å². The first-order valence-corrected chi connectivity index (χ1v) is 12.4. The van der Waals surface area contributed by atoms with Crippen LogP contribution in [0.15, 0.2) is 69.2 Å². The molecule has 0 aliphatic rings. The van der Waals surface area contributed by atoms with Gasteiger partial charge in [-0.05, 0) is 53.9 Å². The molecule has 8 nitrogen and oxygen atoms in total. The van der Waals surface area contributed by atoms with Crippen molar-refractivity contribution >= 4 is 49.6 Å². The Labute approximate surface area is 214 Å². The number of thiophene rings is 1. The molecule has 0 unspecified atom stereocenters. The third-order valence-electron chi connectivity index (χ3n) is 5.13. The van der Waals surface area contributed by atoms with E-state index in [1.165, 1.54) is 28.4 Å². The molecule has 0 aliphatic carbocycles. The van der Waals surface area contributed by atoms with Crippen molar-refractivity contribution in [2.24, 2.45) is 5.10 Å². The van der Waals surface area contributed by atoms with Gasteiger partial charge in [0.25, 0.3) is 11.5 Å². The van der Waals surface area contributed by atoms with E-state index < -0.39 is 5.91 Å². The lowest BCUT2D eigenvalue weighted by Crippen LogP contribution is -2.29. The number of benzene rings is 2. The highest BCUT2D eigenvalue weighted by atomic mass is 79.9. The van der Waals surface area contributed by atoms with Gasteiger partial charge in [0.15, 0.2) is 11.5 Å². The van der Waals surface area contributed by atoms with Crippen molar-refractivity contribution in [3.8, 4) is 11.5 Å². The Morgan fingerprint density at radius 1 is 1.20 bits per heavy atom. The van der Waals surface area contributed by atoms with E-state index in [9.17, 15) is 9.59 Å². The SMILES string of the molecule is CCc1cc2c(=O)n(CC(=O)NN=Cc3ccc(OCc4ccc(Br)cc4)c(OC)c3)cnc2s1. The Bertz CT molecular complexity index is 1430. The fourth-order valence-electron chi connectivity index (χ4n) is 3.29. The lowest BCUT2D eigenvalue weighted by Gasteiger charge is -2.11. The highest BCUT2D eigenvalue weighted by molar-refractivity contribution is 9.10. The predicted molar refractivity (Wildman–Crippen MR) is 140 cm³/mol. The number of hydrazone groups is 1. The van der Waals surface area contributed by atoms with Crippen molar-refractivity contribution in [3.05, 3.63) is 85.7 Å². The minimum absolute atomic E-state index is 0.178. The molecule has 0 spiro atoms. The molecule has 1 amide bonds. The van der Waals surface area contributed by atoms with Gasteiger partial charge in [0.2, 0.25) is 0 Å². The summed E-state index contributed by atoms with van der Waals surface area (Å²) in [5.41, 5.74) is 3.94. The maximum Gasteiger partial charge on any atom is 0.262 e. The summed E-state index contributed by atoms with van der Waals surface area (Å²) in [5, 5.41) is 4.52. The fraction of sp³-hybridized carbons (Fsp3) is 0.200. The Balaban J connectivity index is 1.36. The molecule has 2 heterocycles. The second-order valence-electron chi connectivity index (χ2n) is 7.58. The highest BCUT2D eigenvalue weighted by Crippen LogP contribution is 2.28. The maximum atomic E-state index is 12.6. The van der Waals surface area contributed by atoms with Crippen LogP contribution in [0.25, 0.3) is 10.2 Å². The molecule has 35 heavy (non-hydrogen) atoms. The van der Waals surface area contributed by atoms with Gasteiger partial charge in [-0.25, -0.2) is 10.4 Å². The van der Waals surface area contributed by atoms with Gasteiger partial charge in [0.05, 0.1) is 25.0 Å². The van der Waals surface area contributed by atoms with Crippen LogP contribution in [-0.2, 0) is 24.4 Å². The first kappa shape index (κ1) is 24.6. The second-order valence-corrected chi connectivity index (χ2v) is 9.61. The molecule has 2 aromatic carbocycles. The van der Waals surface area contributed by atoms with E-state index in [-0.39, 0.29) is 12.1 Å². The Kier molecular flexibility index (Phi) is 7.94. The summed E-state index contributed by atoms with van der Waals surface area (Å²) in [6.45, 7) is 2.25. The molecule has 0 aliphatic heterocycles. The lowest BCUT2D eigenvalue weighted by molar-refractivity contribution is -0.121. The second kappa shape index (κ2) is 11.3. The average molecular weight is 555 g/mol.